The molecule has 2 aliphatic rings. The van der Waals surface area contributed by atoms with Crippen molar-refractivity contribution in [1.82, 2.24) is 15.6 Å². The van der Waals surface area contributed by atoms with E-state index in [1.54, 1.807) is 18.4 Å². The summed E-state index contributed by atoms with van der Waals surface area (Å²) in [4.78, 5) is 16.5. The molecular weight excluding hydrogens is 334 g/mol. The van der Waals surface area contributed by atoms with E-state index in [0.717, 1.165) is 36.4 Å². The number of aromatic nitrogens is 1. The number of ether oxygens (including phenoxy) is 1. The van der Waals surface area contributed by atoms with Crippen molar-refractivity contribution in [1.29, 1.82) is 0 Å². The van der Waals surface area contributed by atoms with Crippen LogP contribution in [0, 0.1) is 11.8 Å². The molecule has 0 aliphatic heterocycles. The van der Waals surface area contributed by atoms with Gasteiger partial charge in [0.05, 0.1) is 6.04 Å². The molecule has 2 aliphatic carbocycles. The largest absolute Gasteiger partial charge is 0.375 e. The molecule has 1 unspecified atom stereocenters. The molecule has 0 radical (unpaired) electrons. The number of hydrogen-bond donors (Lipinski definition) is 2. The van der Waals surface area contributed by atoms with Crippen LogP contribution in [0.1, 0.15) is 62.4 Å². The summed E-state index contributed by atoms with van der Waals surface area (Å²) in [5.74, 6) is 1.21. The highest BCUT2D eigenvalue weighted by Gasteiger charge is 2.31. The third-order valence-corrected chi connectivity index (χ3v) is 6.58. The van der Waals surface area contributed by atoms with Crippen LogP contribution in [0.2, 0.25) is 0 Å². The van der Waals surface area contributed by atoms with Crippen molar-refractivity contribution in [3.8, 4) is 0 Å². The maximum absolute atomic E-state index is 12.0. The molecule has 5 nitrogen and oxygen atoms in total. The van der Waals surface area contributed by atoms with Crippen LogP contribution in [0.15, 0.2) is 11.6 Å². The van der Waals surface area contributed by atoms with Crippen LogP contribution < -0.4 is 10.6 Å². The molecule has 140 valence electrons. The first kappa shape index (κ1) is 18.8. The summed E-state index contributed by atoms with van der Waals surface area (Å²) in [7, 11) is 1.56. The van der Waals surface area contributed by atoms with Gasteiger partial charge < -0.3 is 15.4 Å². The molecule has 6 heteroatoms. The van der Waals surface area contributed by atoms with E-state index in [4.69, 9.17) is 4.74 Å². The van der Waals surface area contributed by atoms with Gasteiger partial charge in [0.2, 0.25) is 5.91 Å². The summed E-state index contributed by atoms with van der Waals surface area (Å²) >= 11 is 1.63. The number of carbonyl (C=O) groups excluding carboxylic acids is 1. The summed E-state index contributed by atoms with van der Waals surface area (Å²) in [6, 6.07) is 0.792. The Morgan fingerprint density at radius 1 is 1.28 bits per heavy atom. The van der Waals surface area contributed by atoms with Crippen molar-refractivity contribution in [3.05, 3.63) is 16.6 Å². The van der Waals surface area contributed by atoms with Crippen LogP contribution in [0.3, 0.4) is 0 Å². The van der Waals surface area contributed by atoms with E-state index in [1.807, 2.05) is 11.6 Å². The van der Waals surface area contributed by atoms with Gasteiger partial charge in [-0.15, -0.1) is 11.3 Å². The predicted octanol–water partition coefficient (Wildman–Crippen LogP) is 3.29. The quantitative estimate of drug-likeness (QED) is 0.742. The fraction of sp³-hybridized carbons (Fsp3) is 0.789. The molecule has 0 saturated heterocycles. The van der Waals surface area contributed by atoms with Gasteiger partial charge in [-0.25, -0.2) is 4.98 Å². The number of amides is 1. The molecule has 2 fully saturated rings. The zero-order valence-electron chi connectivity index (χ0n) is 15.2. The number of hydrogen-bond acceptors (Lipinski definition) is 5. The molecule has 0 bridgehead atoms. The minimum Gasteiger partial charge on any atom is -0.375 e. The van der Waals surface area contributed by atoms with Gasteiger partial charge in [-0.3, -0.25) is 4.79 Å². The lowest BCUT2D eigenvalue weighted by Gasteiger charge is -2.34. The zero-order valence-corrected chi connectivity index (χ0v) is 16.0. The number of thiazole rings is 1. The fourth-order valence-corrected chi connectivity index (χ4v) is 5.09. The number of nitrogens with one attached hydrogen (secondary N) is 2. The van der Waals surface area contributed by atoms with Crippen molar-refractivity contribution < 1.29 is 9.53 Å². The third kappa shape index (κ3) is 5.50. The van der Waals surface area contributed by atoms with Gasteiger partial charge in [-0.1, -0.05) is 12.8 Å². The molecule has 1 atom stereocenters. The summed E-state index contributed by atoms with van der Waals surface area (Å²) in [5.41, 5.74) is 0. The standard InChI is InChI=1S/C19H31N3O2S/c1-24-13-17(23)22-18(19-20-10-11-25-19)15-8-6-14(7-9-15)12-21-16-4-2-3-5-16/h10-11,14-16,18,21H,2-9,12-13H2,1H3,(H,22,23). The Morgan fingerprint density at radius 3 is 2.68 bits per heavy atom. The topological polar surface area (TPSA) is 63.2 Å². The first-order valence-electron chi connectivity index (χ1n) is 9.67. The smallest absolute Gasteiger partial charge is 0.246 e. The number of carbonyl (C=O) groups is 1. The molecule has 1 aromatic heterocycles. The molecule has 1 aromatic rings. The SMILES string of the molecule is COCC(=O)NC(c1nccs1)C1CCC(CNC2CCCC2)CC1. The Labute approximate surface area is 154 Å². The van der Waals surface area contributed by atoms with Gasteiger partial charge in [0.1, 0.15) is 11.6 Å². The number of methoxy groups -OCH3 is 1. The average Bonchev–Trinajstić information content (AvgIpc) is 3.32. The van der Waals surface area contributed by atoms with Gasteiger partial charge >= 0.3 is 0 Å². The lowest BCUT2D eigenvalue weighted by atomic mass is 9.78. The van der Waals surface area contributed by atoms with Crippen molar-refractivity contribution >= 4 is 17.2 Å². The van der Waals surface area contributed by atoms with Crippen LogP contribution in [0.5, 0.6) is 0 Å². The highest BCUT2D eigenvalue weighted by Crippen LogP contribution is 2.37. The van der Waals surface area contributed by atoms with Gasteiger partial charge in [0.15, 0.2) is 0 Å². The first-order valence-corrected chi connectivity index (χ1v) is 10.5. The predicted molar refractivity (Wildman–Crippen MR) is 101 cm³/mol. The lowest BCUT2D eigenvalue weighted by molar-refractivity contribution is -0.126. The summed E-state index contributed by atoms with van der Waals surface area (Å²) in [5, 5.41) is 9.94. The number of rotatable bonds is 8. The van der Waals surface area contributed by atoms with Crippen molar-refractivity contribution in [3.63, 3.8) is 0 Å². The molecule has 2 N–H and O–H groups in total. The summed E-state index contributed by atoms with van der Waals surface area (Å²) in [6.07, 6.45) is 12.1. The van der Waals surface area contributed by atoms with Gasteiger partial charge in [-0.2, -0.15) is 0 Å². The van der Waals surface area contributed by atoms with E-state index >= 15 is 0 Å². The highest BCUT2D eigenvalue weighted by atomic mass is 32.1. The van der Waals surface area contributed by atoms with Gasteiger partial charge in [-0.05, 0) is 56.9 Å². The summed E-state index contributed by atoms with van der Waals surface area (Å²) in [6.45, 7) is 1.28. The zero-order chi connectivity index (χ0) is 17.5. The maximum atomic E-state index is 12.0. The van der Waals surface area contributed by atoms with Crippen molar-refractivity contribution in [2.24, 2.45) is 11.8 Å². The molecule has 3 rings (SSSR count). The minimum atomic E-state index is -0.0484. The van der Waals surface area contributed by atoms with E-state index in [0.29, 0.717) is 5.92 Å². The van der Waals surface area contributed by atoms with E-state index in [9.17, 15) is 4.79 Å². The molecule has 0 aromatic carbocycles. The van der Waals surface area contributed by atoms with Gasteiger partial charge in [0, 0.05) is 24.7 Å². The first-order chi connectivity index (χ1) is 12.3. The van der Waals surface area contributed by atoms with Crippen LogP contribution in [0.25, 0.3) is 0 Å². The molecule has 1 amide bonds. The Bertz CT molecular complexity index is 509. The monoisotopic (exact) mass is 365 g/mol. The third-order valence-electron chi connectivity index (χ3n) is 5.72. The number of nitrogens with zero attached hydrogens (tertiary/aromatic N) is 1. The second-order valence-corrected chi connectivity index (χ2v) is 8.45. The Morgan fingerprint density at radius 2 is 2.04 bits per heavy atom. The second-order valence-electron chi connectivity index (χ2n) is 7.52. The highest BCUT2D eigenvalue weighted by molar-refractivity contribution is 7.09. The lowest BCUT2D eigenvalue weighted by Crippen LogP contribution is -2.38. The van der Waals surface area contributed by atoms with Crippen molar-refractivity contribution in [2.45, 2.75) is 63.5 Å². The van der Waals surface area contributed by atoms with Crippen LogP contribution in [0.4, 0.5) is 0 Å². The van der Waals surface area contributed by atoms with Crippen LogP contribution >= 0.6 is 11.3 Å². The minimum absolute atomic E-state index is 0.0337. The molecular formula is C19H31N3O2S. The molecule has 0 spiro atoms. The van der Waals surface area contributed by atoms with E-state index in [-0.39, 0.29) is 18.6 Å². The Kier molecular flexibility index (Phi) is 7.25. The van der Waals surface area contributed by atoms with Crippen molar-refractivity contribution in [2.75, 3.05) is 20.3 Å². The maximum Gasteiger partial charge on any atom is 0.246 e. The second kappa shape index (κ2) is 9.64. The fourth-order valence-electron chi connectivity index (χ4n) is 4.30. The van der Waals surface area contributed by atoms with Gasteiger partial charge in [0.25, 0.3) is 0 Å². The van der Waals surface area contributed by atoms with Crippen LogP contribution in [-0.2, 0) is 9.53 Å². The Hall–Kier alpha value is -0.980. The summed E-state index contributed by atoms with van der Waals surface area (Å²) < 4.78 is 4.97. The van der Waals surface area contributed by atoms with E-state index < -0.39 is 0 Å². The molecule has 1 heterocycles. The van der Waals surface area contributed by atoms with E-state index in [2.05, 4.69) is 15.6 Å². The molecule has 2 saturated carbocycles. The Balaban J connectivity index is 1.50. The average molecular weight is 366 g/mol. The van der Waals surface area contributed by atoms with E-state index in [1.165, 1.54) is 38.5 Å². The normalized spacial score (nSPS) is 25.8. The molecule has 25 heavy (non-hydrogen) atoms. The van der Waals surface area contributed by atoms with Crippen LogP contribution in [-0.4, -0.2) is 37.2 Å².